The number of rotatable bonds is 8. The Kier molecular flexibility index (Phi) is 6.39. The summed E-state index contributed by atoms with van der Waals surface area (Å²) < 4.78 is 53.7. The van der Waals surface area contributed by atoms with Gasteiger partial charge < -0.3 is 0 Å². The standard InChI is InChI=1S/C16H22N2O4S3/c1-4-18(5-2)25(21,22)15-10-8-14(9-11-15)13(3)17-24(19,20)16-7-6-12-23-16/h6-13,17H,4-5H2,1-3H3/t13-/m1/s1. The van der Waals surface area contributed by atoms with Crippen LogP contribution in [0.25, 0.3) is 0 Å². The van der Waals surface area contributed by atoms with Gasteiger partial charge in [-0.3, -0.25) is 0 Å². The van der Waals surface area contributed by atoms with Crippen molar-refractivity contribution in [2.75, 3.05) is 13.1 Å². The lowest BCUT2D eigenvalue weighted by molar-refractivity contribution is 0.445. The van der Waals surface area contributed by atoms with Crippen molar-refractivity contribution in [2.45, 2.75) is 35.9 Å². The normalized spacial score (nSPS) is 13.9. The minimum atomic E-state index is -3.58. The molecule has 138 valence electrons. The lowest BCUT2D eigenvalue weighted by Crippen LogP contribution is -2.30. The molecule has 0 bridgehead atoms. The highest BCUT2D eigenvalue weighted by molar-refractivity contribution is 7.91. The highest BCUT2D eigenvalue weighted by atomic mass is 32.2. The third-order valence-electron chi connectivity index (χ3n) is 3.82. The van der Waals surface area contributed by atoms with Crippen LogP contribution in [0.3, 0.4) is 0 Å². The van der Waals surface area contributed by atoms with Crippen molar-refractivity contribution in [1.82, 2.24) is 9.03 Å². The molecule has 0 aliphatic rings. The minimum Gasteiger partial charge on any atom is -0.207 e. The molecule has 1 aromatic heterocycles. The van der Waals surface area contributed by atoms with Crippen molar-refractivity contribution in [2.24, 2.45) is 0 Å². The summed E-state index contributed by atoms with van der Waals surface area (Å²) in [6.45, 7) is 6.10. The van der Waals surface area contributed by atoms with Crippen LogP contribution in [0.15, 0.2) is 50.9 Å². The zero-order valence-electron chi connectivity index (χ0n) is 14.3. The largest absolute Gasteiger partial charge is 0.250 e. The number of hydrogen-bond acceptors (Lipinski definition) is 5. The van der Waals surface area contributed by atoms with Gasteiger partial charge in [0.1, 0.15) is 4.21 Å². The second kappa shape index (κ2) is 7.96. The summed E-state index contributed by atoms with van der Waals surface area (Å²) >= 11 is 1.15. The van der Waals surface area contributed by atoms with Gasteiger partial charge in [-0.05, 0) is 36.1 Å². The van der Waals surface area contributed by atoms with Crippen molar-refractivity contribution in [3.63, 3.8) is 0 Å². The first kappa shape index (κ1) is 20.1. The molecule has 0 spiro atoms. The topological polar surface area (TPSA) is 83.6 Å². The van der Waals surface area contributed by atoms with Crippen LogP contribution in [0.4, 0.5) is 0 Å². The minimum absolute atomic E-state index is 0.202. The highest BCUT2D eigenvalue weighted by Gasteiger charge is 2.23. The summed E-state index contributed by atoms with van der Waals surface area (Å²) in [5.41, 5.74) is 0.693. The fourth-order valence-corrected chi connectivity index (χ4v) is 6.12. The Balaban J connectivity index is 2.20. The number of benzene rings is 1. The zero-order valence-corrected chi connectivity index (χ0v) is 16.8. The van der Waals surface area contributed by atoms with Gasteiger partial charge in [-0.2, -0.15) is 4.31 Å². The van der Waals surface area contributed by atoms with Crippen LogP contribution < -0.4 is 4.72 Å². The van der Waals surface area contributed by atoms with Crippen molar-refractivity contribution >= 4 is 31.4 Å². The van der Waals surface area contributed by atoms with E-state index in [0.717, 1.165) is 11.3 Å². The fourth-order valence-electron chi connectivity index (χ4n) is 2.42. The molecule has 2 rings (SSSR count). The van der Waals surface area contributed by atoms with E-state index in [0.29, 0.717) is 18.7 Å². The van der Waals surface area contributed by atoms with Gasteiger partial charge in [0.2, 0.25) is 10.0 Å². The van der Waals surface area contributed by atoms with Crippen LogP contribution in [0.5, 0.6) is 0 Å². The Morgan fingerprint density at radius 2 is 1.64 bits per heavy atom. The molecule has 0 radical (unpaired) electrons. The average molecular weight is 403 g/mol. The molecule has 1 heterocycles. The van der Waals surface area contributed by atoms with Crippen LogP contribution in [-0.4, -0.2) is 34.2 Å². The maximum absolute atomic E-state index is 12.5. The average Bonchev–Trinajstić information content (AvgIpc) is 3.11. The fraction of sp³-hybridized carbons (Fsp3) is 0.375. The molecular formula is C16H22N2O4S3. The first-order chi connectivity index (χ1) is 11.7. The Morgan fingerprint density at radius 3 is 2.12 bits per heavy atom. The molecule has 0 saturated heterocycles. The van der Waals surface area contributed by atoms with Crippen molar-refractivity contribution in [1.29, 1.82) is 0 Å². The first-order valence-corrected chi connectivity index (χ1v) is 11.7. The molecule has 2 aromatic rings. The Morgan fingerprint density at radius 1 is 1.04 bits per heavy atom. The van der Waals surface area contributed by atoms with Crippen LogP contribution in [0.1, 0.15) is 32.4 Å². The van der Waals surface area contributed by atoms with Gasteiger partial charge in [0.05, 0.1) is 4.90 Å². The quantitative estimate of drug-likeness (QED) is 0.736. The molecule has 6 nitrogen and oxygen atoms in total. The number of nitrogens with one attached hydrogen (secondary N) is 1. The van der Waals surface area contributed by atoms with Crippen molar-refractivity contribution in [3.8, 4) is 0 Å². The van der Waals surface area contributed by atoms with E-state index in [9.17, 15) is 16.8 Å². The first-order valence-electron chi connectivity index (χ1n) is 7.88. The Hall–Kier alpha value is -1.26. The summed E-state index contributed by atoms with van der Waals surface area (Å²) in [7, 11) is -7.10. The van der Waals surface area contributed by atoms with E-state index in [1.807, 2.05) is 0 Å². The second-order valence-electron chi connectivity index (χ2n) is 5.43. The summed E-state index contributed by atoms with van der Waals surface area (Å²) in [6.07, 6.45) is 0. The van der Waals surface area contributed by atoms with Crippen molar-refractivity contribution < 1.29 is 16.8 Å². The predicted molar refractivity (Wildman–Crippen MR) is 99.6 cm³/mol. The third-order valence-corrected chi connectivity index (χ3v) is 8.82. The van der Waals surface area contributed by atoms with Gasteiger partial charge in [-0.15, -0.1) is 11.3 Å². The maximum Gasteiger partial charge on any atom is 0.250 e. The molecule has 9 heteroatoms. The van der Waals surface area contributed by atoms with Gasteiger partial charge in [0.25, 0.3) is 10.0 Å². The van der Waals surface area contributed by atoms with E-state index in [4.69, 9.17) is 0 Å². The third kappa shape index (κ3) is 4.48. The maximum atomic E-state index is 12.5. The number of sulfonamides is 2. The van der Waals surface area contributed by atoms with E-state index in [1.54, 1.807) is 50.4 Å². The summed E-state index contributed by atoms with van der Waals surface area (Å²) in [5.74, 6) is 0. The summed E-state index contributed by atoms with van der Waals surface area (Å²) in [4.78, 5) is 0.202. The number of hydrogen-bond donors (Lipinski definition) is 1. The Bertz CT molecular complexity index is 885. The predicted octanol–water partition coefficient (Wildman–Crippen LogP) is 2.82. The monoisotopic (exact) mass is 402 g/mol. The van der Waals surface area contributed by atoms with Gasteiger partial charge in [0.15, 0.2) is 0 Å². The molecular weight excluding hydrogens is 380 g/mol. The smallest absolute Gasteiger partial charge is 0.207 e. The molecule has 1 aromatic carbocycles. The summed E-state index contributed by atoms with van der Waals surface area (Å²) in [5, 5.41) is 1.70. The van der Waals surface area contributed by atoms with Crippen LogP contribution in [0, 0.1) is 0 Å². The van der Waals surface area contributed by atoms with Crippen LogP contribution in [0.2, 0.25) is 0 Å². The van der Waals surface area contributed by atoms with E-state index < -0.39 is 26.1 Å². The molecule has 25 heavy (non-hydrogen) atoms. The van der Waals surface area contributed by atoms with Gasteiger partial charge in [-0.1, -0.05) is 32.0 Å². The van der Waals surface area contributed by atoms with E-state index in [-0.39, 0.29) is 9.10 Å². The lowest BCUT2D eigenvalue weighted by Gasteiger charge is -2.19. The van der Waals surface area contributed by atoms with E-state index in [2.05, 4.69) is 4.72 Å². The molecule has 1 atom stereocenters. The van der Waals surface area contributed by atoms with Crippen LogP contribution >= 0.6 is 11.3 Å². The molecule has 0 unspecified atom stereocenters. The molecule has 0 aliphatic heterocycles. The molecule has 1 N–H and O–H groups in total. The lowest BCUT2D eigenvalue weighted by atomic mass is 10.1. The SMILES string of the molecule is CCN(CC)S(=O)(=O)c1ccc([C@@H](C)NS(=O)(=O)c2cccs2)cc1. The van der Waals surface area contributed by atoms with Gasteiger partial charge >= 0.3 is 0 Å². The molecule has 0 saturated carbocycles. The number of thiophene rings is 1. The number of nitrogens with zero attached hydrogens (tertiary/aromatic N) is 1. The highest BCUT2D eigenvalue weighted by Crippen LogP contribution is 2.22. The van der Waals surface area contributed by atoms with Gasteiger partial charge in [-0.25, -0.2) is 21.6 Å². The summed E-state index contributed by atoms with van der Waals surface area (Å²) in [6, 6.07) is 9.04. The molecule has 0 aliphatic carbocycles. The molecule has 0 amide bonds. The second-order valence-corrected chi connectivity index (χ2v) is 10.3. The zero-order chi connectivity index (χ0) is 18.7. The van der Waals surface area contributed by atoms with E-state index >= 15 is 0 Å². The van der Waals surface area contributed by atoms with Crippen molar-refractivity contribution in [3.05, 3.63) is 47.3 Å². The van der Waals surface area contributed by atoms with E-state index in [1.165, 1.54) is 16.4 Å². The van der Waals surface area contributed by atoms with Crippen LogP contribution in [-0.2, 0) is 20.0 Å². The Labute approximate surface area is 153 Å². The molecule has 0 fully saturated rings. The van der Waals surface area contributed by atoms with Gasteiger partial charge in [0, 0.05) is 19.1 Å².